The summed E-state index contributed by atoms with van der Waals surface area (Å²) >= 11 is 0. The Labute approximate surface area is 170 Å². The van der Waals surface area contributed by atoms with Crippen LogP contribution in [-0.2, 0) is 16.0 Å². The lowest BCUT2D eigenvalue weighted by molar-refractivity contribution is -0.137. The van der Waals surface area contributed by atoms with Crippen LogP contribution < -0.4 is 14.8 Å². The molecule has 152 valence electrons. The summed E-state index contributed by atoms with van der Waals surface area (Å²) in [5, 5.41) is 2.85. The van der Waals surface area contributed by atoms with Gasteiger partial charge in [0.05, 0.1) is 20.8 Å². The minimum absolute atomic E-state index is 0.272. The third-order valence-corrected chi connectivity index (χ3v) is 4.05. The van der Waals surface area contributed by atoms with Gasteiger partial charge in [0.15, 0.2) is 11.5 Å². The number of anilines is 1. The fraction of sp³-hybridized carbons (Fsp3) is 0.217. The van der Waals surface area contributed by atoms with Crippen molar-refractivity contribution in [3.05, 3.63) is 71.8 Å². The number of benzene rings is 2. The van der Waals surface area contributed by atoms with Crippen molar-refractivity contribution in [2.45, 2.75) is 13.3 Å². The van der Waals surface area contributed by atoms with Gasteiger partial charge in [-0.05, 0) is 49.2 Å². The predicted octanol–water partition coefficient (Wildman–Crippen LogP) is 4.26. The zero-order chi connectivity index (χ0) is 21.2. The summed E-state index contributed by atoms with van der Waals surface area (Å²) < 4.78 is 15.6. The normalized spacial score (nSPS) is 10.4. The van der Waals surface area contributed by atoms with Crippen molar-refractivity contribution in [3.8, 4) is 11.5 Å². The summed E-state index contributed by atoms with van der Waals surface area (Å²) in [6.07, 6.45) is 5.30. The van der Waals surface area contributed by atoms with E-state index in [9.17, 15) is 9.59 Å². The quantitative estimate of drug-likeness (QED) is 0.390. The zero-order valence-electron chi connectivity index (χ0n) is 16.9. The van der Waals surface area contributed by atoms with Crippen LogP contribution in [0.1, 0.15) is 28.4 Å². The van der Waals surface area contributed by atoms with Crippen LogP contribution in [0.25, 0.3) is 6.08 Å². The third kappa shape index (κ3) is 5.97. The van der Waals surface area contributed by atoms with Gasteiger partial charge in [-0.3, -0.25) is 4.79 Å². The van der Waals surface area contributed by atoms with E-state index in [4.69, 9.17) is 14.2 Å². The maximum Gasteiger partial charge on any atom is 0.330 e. The molecule has 0 spiro atoms. The Morgan fingerprint density at radius 2 is 1.83 bits per heavy atom. The predicted molar refractivity (Wildman–Crippen MR) is 114 cm³/mol. The van der Waals surface area contributed by atoms with Crippen molar-refractivity contribution < 1.29 is 23.8 Å². The Hall–Kier alpha value is -3.54. The number of hydrogen-bond acceptors (Lipinski definition) is 5. The molecule has 0 saturated carbocycles. The molecule has 2 aromatic rings. The largest absolute Gasteiger partial charge is 0.493 e. The number of carbonyl (C=O) groups is 2. The first-order chi connectivity index (χ1) is 14.0. The van der Waals surface area contributed by atoms with Crippen LogP contribution in [0.5, 0.6) is 11.5 Å². The molecule has 2 aromatic carbocycles. The van der Waals surface area contributed by atoms with Gasteiger partial charge < -0.3 is 19.5 Å². The lowest BCUT2D eigenvalue weighted by Gasteiger charge is -2.14. The molecule has 0 saturated heterocycles. The fourth-order valence-corrected chi connectivity index (χ4v) is 2.72. The van der Waals surface area contributed by atoms with Crippen molar-refractivity contribution in [1.29, 1.82) is 0 Å². The van der Waals surface area contributed by atoms with E-state index in [0.717, 1.165) is 11.1 Å². The molecule has 0 aliphatic rings. The van der Waals surface area contributed by atoms with Crippen molar-refractivity contribution in [2.75, 3.05) is 26.1 Å². The molecule has 0 unspecified atom stereocenters. The highest BCUT2D eigenvalue weighted by atomic mass is 16.5. The van der Waals surface area contributed by atoms with Gasteiger partial charge >= 0.3 is 5.97 Å². The number of rotatable bonds is 9. The Morgan fingerprint density at radius 1 is 1.10 bits per heavy atom. The van der Waals surface area contributed by atoms with Crippen LogP contribution in [0.15, 0.2) is 55.1 Å². The number of nitrogens with one attached hydrogen (secondary N) is 1. The average Bonchev–Trinajstić information content (AvgIpc) is 2.73. The van der Waals surface area contributed by atoms with Gasteiger partial charge in [-0.2, -0.15) is 0 Å². The van der Waals surface area contributed by atoms with Gasteiger partial charge in [-0.15, -0.1) is 6.58 Å². The minimum Gasteiger partial charge on any atom is -0.493 e. The van der Waals surface area contributed by atoms with Crippen LogP contribution in [0.3, 0.4) is 0 Å². The van der Waals surface area contributed by atoms with E-state index in [-0.39, 0.29) is 5.91 Å². The number of methoxy groups -OCH3 is 2. The van der Waals surface area contributed by atoms with E-state index in [1.165, 1.54) is 13.2 Å². The van der Waals surface area contributed by atoms with Gasteiger partial charge in [0.2, 0.25) is 0 Å². The third-order valence-electron chi connectivity index (χ3n) is 4.05. The molecule has 0 bridgehead atoms. The monoisotopic (exact) mass is 395 g/mol. The highest BCUT2D eigenvalue weighted by Gasteiger charge is 2.16. The lowest BCUT2D eigenvalue weighted by atomic mass is 10.0. The Bertz CT molecular complexity index is 900. The van der Waals surface area contributed by atoms with E-state index >= 15 is 0 Å². The summed E-state index contributed by atoms with van der Waals surface area (Å²) in [7, 11) is 3.09. The topological polar surface area (TPSA) is 73.9 Å². The van der Waals surface area contributed by atoms with Crippen molar-refractivity contribution >= 4 is 23.6 Å². The van der Waals surface area contributed by atoms with Crippen LogP contribution in [0, 0.1) is 0 Å². The molecular formula is C23H25NO5. The van der Waals surface area contributed by atoms with Crippen molar-refractivity contribution in [2.24, 2.45) is 0 Å². The second-order valence-corrected chi connectivity index (χ2v) is 6.03. The molecule has 0 aliphatic carbocycles. The first kappa shape index (κ1) is 21.8. The van der Waals surface area contributed by atoms with Gasteiger partial charge in [0, 0.05) is 22.9 Å². The van der Waals surface area contributed by atoms with Crippen LogP contribution >= 0.6 is 0 Å². The molecule has 0 atom stereocenters. The highest BCUT2D eigenvalue weighted by Crippen LogP contribution is 2.33. The molecule has 29 heavy (non-hydrogen) atoms. The highest BCUT2D eigenvalue weighted by molar-refractivity contribution is 6.05. The van der Waals surface area contributed by atoms with Crippen LogP contribution in [0.2, 0.25) is 0 Å². The zero-order valence-corrected chi connectivity index (χ0v) is 16.9. The van der Waals surface area contributed by atoms with Gasteiger partial charge in [-0.1, -0.05) is 18.2 Å². The summed E-state index contributed by atoms with van der Waals surface area (Å²) in [6.45, 7) is 5.83. The fourth-order valence-electron chi connectivity index (χ4n) is 2.72. The van der Waals surface area contributed by atoms with E-state index in [2.05, 4.69) is 11.9 Å². The first-order valence-corrected chi connectivity index (χ1v) is 9.14. The molecule has 1 amide bonds. The van der Waals surface area contributed by atoms with Crippen LogP contribution in [0.4, 0.5) is 5.69 Å². The molecule has 0 aliphatic heterocycles. The maximum atomic E-state index is 12.7. The smallest absolute Gasteiger partial charge is 0.330 e. The number of allylic oxidation sites excluding steroid dienone is 1. The standard InChI is InChI=1S/C23H25NO5/c1-5-7-17-14-18(15-20(27-3)22(17)28-4)23(26)24-19-11-8-16(9-12-19)10-13-21(25)29-6-2/h5,8-15H,1,6-7H2,2-4H3,(H,24,26)/b13-10+. The van der Waals surface area contributed by atoms with Crippen molar-refractivity contribution in [3.63, 3.8) is 0 Å². The molecule has 6 heteroatoms. The van der Waals surface area contributed by atoms with Gasteiger partial charge in [0.1, 0.15) is 0 Å². The second kappa shape index (κ2) is 10.7. The summed E-state index contributed by atoms with van der Waals surface area (Å²) in [6, 6.07) is 10.5. The summed E-state index contributed by atoms with van der Waals surface area (Å²) in [4.78, 5) is 24.1. The number of ether oxygens (including phenoxy) is 3. The molecule has 0 radical (unpaired) electrons. The van der Waals surface area contributed by atoms with Crippen molar-refractivity contribution in [1.82, 2.24) is 0 Å². The molecule has 0 heterocycles. The molecule has 6 nitrogen and oxygen atoms in total. The number of esters is 1. The van der Waals surface area contributed by atoms with E-state index in [0.29, 0.717) is 35.8 Å². The average molecular weight is 395 g/mol. The Morgan fingerprint density at radius 3 is 2.41 bits per heavy atom. The van der Waals surface area contributed by atoms with Gasteiger partial charge in [-0.25, -0.2) is 4.79 Å². The van der Waals surface area contributed by atoms with Crippen LogP contribution in [-0.4, -0.2) is 32.7 Å². The van der Waals surface area contributed by atoms with E-state index in [1.54, 1.807) is 62.6 Å². The SMILES string of the molecule is C=CCc1cc(C(=O)Nc2ccc(/C=C/C(=O)OCC)cc2)cc(OC)c1OC. The molecule has 2 rings (SSSR count). The number of hydrogen-bond donors (Lipinski definition) is 1. The maximum absolute atomic E-state index is 12.7. The first-order valence-electron chi connectivity index (χ1n) is 9.14. The Balaban J connectivity index is 2.16. The van der Waals surface area contributed by atoms with Gasteiger partial charge in [0.25, 0.3) is 5.91 Å². The molecule has 0 aromatic heterocycles. The molecule has 0 fully saturated rings. The lowest BCUT2D eigenvalue weighted by Crippen LogP contribution is -2.13. The number of amides is 1. The van der Waals surface area contributed by atoms with E-state index < -0.39 is 5.97 Å². The molecular weight excluding hydrogens is 370 g/mol. The molecule has 1 N–H and O–H groups in total. The second-order valence-electron chi connectivity index (χ2n) is 6.03. The van der Waals surface area contributed by atoms with E-state index in [1.807, 2.05) is 0 Å². The minimum atomic E-state index is -0.395. The number of carbonyl (C=O) groups excluding carboxylic acids is 2. The Kier molecular flexibility index (Phi) is 8.03. The summed E-state index contributed by atoms with van der Waals surface area (Å²) in [5.74, 6) is 0.401. The summed E-state index contributed by atoms with van der Waals surface area (Å²) in [5.41, 5.74) is 2.70.